The molecule has 0 bridgehead atoms. The number of anilines is 1. The van der Waals surface area contributed by atoms with Gasteiger partial charge in [0.15, 0.2) is 0 Å². The zero-order valence-corrected chi connectivity index (χ0v) is 16.6. The highest BCUT2D eigenvalue weighted by molar-refractivity contribution is 5.46. The Kier molecular flexibility index (Phi) is 4.10. The Labute approximate surface area is 164 Å². The van der Waals surface area contributed by atoms with E-state index in [1.165, 1.54) is 22.4 Å². The van der Waals surface area contributed by atoms with Crippen LogP contribution in [0.3, 0.4) is 0 Å². The Bertz CT molecular complexity index is 1010. The van der Waals surface area contributed by atoms with Gasteiger partial charge in [-0.2, -0.15) is 5.10 Å². The van der Waals surface area contributed by atoms with Crippen LogP contribution in [0.25, 0.3) is 0 Å². The Morgan fingerprint density at radius 1 is 1.18 bits per heavy atom. The first-order valence-electron chi connectivity index (χ1n) is 9.99. The molecule has 146 valence electrons. The van der Waals surface area contributed by atoms with Crippen LogP contribution in [-0.4, -0.2) is 38.6 Å². The number of nitrogens with one attached hydrogen (secondary N) is 1. The lowest BCUT2D eigenvalue weighted by Gasteiger charge is -2.36. The Morgan fingerprint density at radius 3 is 2.93 bits per heavy atom. The smallest absolute Gasteiger partial charge is 0.227 e. The van der Waals surface area contributed by atoms with E-state index in [0.717, 1.165) is 49.8 Å². The second-order valence-corrected chi connectivity index (χ2v) is 7.91. The minimum atomic E-state index is 0.260. The maximum absolute atomic E-state index is 5.39. The highest BCUT2D eigenvalue weighted by Crippen LogP contribution is 2.36. The molecule has 5 rings (SSSR count). The van der Waals surface area contributed by atoms with Gasteiger partial charge in [0.25, 0.3) is 0 Å². The summed E-state index contributed by atoms with van der Waals surface area (Å²) < 4.78 is 7.58. The highest BCUT2D eigenvalue weighted by atomic mass is 16.5. The Morgan fingerprint density at radius 2 is 2.07 bits per heavy atom. The monoisotopic (exact) mass is 378 g/mol. The van der Waals surface area contributed by atoms with Gasteiger partial charge in [-0.3, -0.25) is 5.10 Å². The summed E-state index contributed by atoms with van der Waals surface area (Å²) in [7, 11) is 3.82. The van der Waals surface area contributed by atoms with Crippen LogP contribution >= 0.6 is 0 Å². The summed E-state index contributed by atoms with van der Waals surface area (Å²) in [5, 5.41) is 16.5. The quantitative estimate of drug-likeness (QED) is 0.759. The van der Waals surface area contributed by atoms with E-state index in [0.29, 0.717) is 5.92 Å². The van der Waals surface area contributed by atoms with Crippen LogP contribution in [0.4, 0.5) is 5.95 Å². The number of ether oxygens (including phenoxy) is 1. The van der Waals surface area contributed by atoms with Crippen molar-refractivity contribution in [3.05, 3.63) is 52.6 Å². The van der Waals surface area contributed by atoms with E-state index in [1.807, 2.05) is 12.3 Å². The van der Waals surface area contributed by atoms with Gasteiger partial charge in [-0.25, -0.2) is 0 Å². The summed E-state index contributed by atoms with van der Waals surface area (Å²) >= 11 is 0. The van der Waals surface area contributed by atoms with E-state index in [9.17, 15) is 0 Å². The number of methoxy groups -OCH3 is 1. The molecule has 7 heteroatoms. The fourth-order valence-electron chi connectivity index (χ4n) is 4.78. The van der Waals surface area contributed by atoms with Gasteiger partial charge >= 0.3 is 0 Å². The number of benzene rings is 1. The van der Waals surface area contributed by atoms with E-state index in [-0.39, 0.29) is 6.04 Å². The number of hydrogen-bond acceptors (Lipinski definition) is 5. The Balaban J connectivity index is 1.42. The molecule has 2 aromatic heterocycles. The van der Waals surface area contributed by atoms with Crippen molar-refractivity contribution in [1.29, 1.82) is 0 Å². The fourth-order valence-corrected chi connectivity index (χ4v) is 4.78. The van der Waals surface area contributed by atoms with Gasteiger partial charge in [0, 0.05) is 25.2 Å². The van der Waals surface area contributed by atoms with Crippen molar-refractivity contribution < 1.29 is 4.74 Å². The third kappa shape index (κ3) is 2.68. The largest absolute Gasteiger partial charge is 0.497 e. The molecule has 0 radical (unpaired) electrons. The number of nitrogens with zero attached hydrogens (tertiary/aromatic N) is 5. The first kappa shape index (κ1) is 17.3. The number of aryl methyl sites for hydroxylation is 1. The van der Waals surface area contributed by atoms with Crippen molar-refractivity contribution >= 4 is 5.95 Å². The lowest BCUT2D eigenvalue weighted by molar-refractivity contribution is 0.413. The summed E-state index contributed by atoms with van der Waals surface area (Å²) in [6, 6.07) is 6.65. The lowest BCUT2D eigenvalue weighted by atomic mass is 9.87. The molecule has 3 aromatic rings. The minimum Gasteiger partial charge on any atom is -0.497 e. The number of aromatic amines is 1. The third-order valence-corrected chi connectivity index (χ3v) is 6.42. The molecule has 0 fully saturated rings. The van der Waals surface area contributed by atoms with Crippen LogP contribution in [0.2, 0.25) is 0 Å². The van der Waals surface area contributed by atoms with E-state index >= 15 is 0 Å². The minimum absolute atomic E-state index is 0.260. The van der Waals surface area contributed by atoms with Crippen LogP contribution in [0.5, 0.6) is 5.75 Å². The molecular formula is C21H26N6O. The molecule has 1 aliphatic heterocycles. The van der Waals surface area contributed by atoms with Gasteiger partial charge in [-0.05, 0) is 61.4 Å². The van der Waals surface area contributed by atoms with E-state index in [2.05, 4.69) is 56.0 Å². The van der Waals surface area contributed by atoms with Crippen molar-refractivity contribution in [3.8, 4) is 5.75 Å². The summed E-state index contributed by atoms with van der Waals surface area (Å²) in [5.74, 6) is 3.34. The predicted octanol–water partition coefficient (Wildman–Crippen LogP) is 2.94. The van der Waals surface area contributed by atoms with Gasteiger partial charge < -0.3 is 14.2 Å². The maximum Gasteiger partial charge on any atom is 0.227 e. The predicted molar refractivity (Wildman–Crippen MR) is 107 cm³/mol. The second kappa shape index (κ2) is 6.65. The SMILES string of the molecule is COc1ccc2c(c1)CCN(c1nnc(C3CCc4cn[nH]c4C3)n1C)C2C. The van der Waals surface area contributed by atoms with Crippen LogP contribution in [-0.2, 0) is 26.3 Å². The van der Waals surface area contributed by atoms with Crippen molar-refractivity contribution in [2.45, 2.75) is 44.6 Å². The first-order valence-corrected chi connectivity index (χ1v) is 9.99. The molecule has 0 saturated heterocycles. The van der Waals surface area contributed by atoms with Crippen LogP contribution in [0, 0.1) is 0 Å². The third-order valence-electron chi connectivity index (χ3n) is 6.42. The average molecular weight is 378 g/mol. The molecule has 2 aliphatic rings. The highest BCUT2D eigenvalue weighted by Gasteiger charge is 2.31. The van der Waals surface area contributed by atoms with Crippen LogP contribution in [0.15, 0.2) is 24.4 Å². The van der Waals surface area contributed by atoms with E-state index in [4.69, 9.17) is 4.74 Å². The number of aromatic nitrogens is 5. The Hall–Kier alpha value is -2.83. The molecule has 1 aliphatic carbocycles. The van der Waals surface area contributed by atoms with E-state index < -0.39 is 0 Å². The van der Waals surface area contributed by atoms with Gasteiger partial charge in [-0.15, -0.1) is 10.2 Å². The van der Waals surface area contributed by atoms with Crippen molar-refractivity contribution in [1.82, 2.24) is 25.0 Å². The molecule has 3 heterocycles. The van der Waals surface area contributed by atoms with Crippen LogP contribution in [0.1, 0.15) is 53.5 Å². The number of H-pyrrole nitrogens is 1. The normalized spacial score (nSPS) is 21.3. The average Bonchev–Trinajstić information content (AvgIpc) is 3.34. The molecule has 0 saturated carbocycles. The molecule has 0 spiro atoms. The van der Waals surface area contributed by atoms with Gasteiger partial charge in [0.1, 0.15) is 11.6 Å². The van der Waals surface area contributed by atoms with Gasteiger partial charge in [0.05, 0.1) is 19.3 Å². The zero-order valence-electron chi connectivity index (χ0n) is 16.6. The molecule has 28 heavy (non-hydrogen) atoms. The molecule has 2 atom stereocenters. The topological polar surface area (TPSA) is 71.9 Å². The summed E-state index contributed by atoms with van der Waals surface area (Å²) in [4.78, 5) is 2.37. The first-order chi connectivity index (χ1) is 13.7. The number of rotatable bonds is 3. The second-order valence-electron chi connectivity index (χ2n) is 7.91. The van der Waals surface area contributed by atoms with Crippen molar-refractivity contribution in [3.63, 3.8) is 0 Å². The molecule has 7 nitrogen and oxygen atoms in total. The molecule has 0 amide bonds. The maximum atomic E-state index is 5.39. The fraction of sp³-hybridized carbons (Fsp3) is 0.476. The van der Waals surface area contributed by atoms with E-state index in [1.54, 1.807) is 7.11 Å². The molecule has 1 aromatic carbocycles. The van der Waals surface area contributed by atoms with Crippen LogP contribution < -0.4 is 9.64 Å². The standard InChI is InChI=1S/C21H26N6O/c1-13-18-7-6-17(28-3)10-14(18)8-9-27(13)21-25-24-20(26(21)2)15-4-5-16-12-22-23-19(16)11-15/h6-7,10,12-13,15H,4-5,8-9,11H2,1-3H3,(H,22,23). The number of fused-ring (bicyclic) bond motifs is 2. The molecule has 2 unspecified atom stereocenters. The summed E-state index contributed by atoms with van der Waals surface area (Å²) in [6.07, 6.45) is 6.04. The van der Waals surface area contributed by atoms with Crippen molar-refractivity contribution in [2.24, 2.45) is 7.05 Å². The van der Waals surface area contributed by atoms with Crippen molar-refractivity contribution in [2.75, 3.05) is 18.6 Å². The number of hydrogen-bond donors (Lipinski definition) is 1. The zero-order chi connectivity index (χ0) is 19.3. The molecular weight excluding hydrogens is 352 g/mol. The van der Waals surface area contributed by atoms with Gasteiger partial charge in [0.2, 0.25) is 5.95 Å². The summed E-state index contributed by atoms with van der Waals surface area (Å²) in [6.45, 7) is 3.18. The molecule has 1 N–H and O–H groups in total. The summed E-state index contributed by atoms with van der Waals surface area (Å²) in [5.41, 5.74) is 5.30. The van der Waals surface area contributed by atoms with Gasteiger partial charge in [-0.1, -0.05) is 6.07 Å². The lowest BCUT2D eigenvalue weighted by Crippen LogP contribution is -2.35.